The largest absolute Gasteiger partial charge is 0.288 e. The fraction of sp³-hybridized carbons (Fsp3) is 0.111. The maximum atomic E-state index is 12.9. The van der Waals surface area contributed by atoms with Crippen molar-refractivity contribution in [2.24, 2.45) is 7.05 Å². The number of nitrogens with one attached hydrogen (secondary N) is 1. The fourth-order valence-electron chi connectivity index (χ4n) is 1.18. The Labute approximate surface area is 109 Å². The summed E-state index contributed by atoms with van der Waals surface area (Å²) in [5.74, 6) is -0.677. The molecule has 0 saturated heterocycles. The minimum absolute atomic E-state index is 0.109. The van der Waals surface area contributed by atoms with Crippen molar-refractivity contribution < 1.29 is 9.18 Å². The van der Waals surface area contributed by atoms with Crippen LogP contribution in [0, 0.1) is 9.39 Å². The summed E-state index contributed by atoms with van der Waals surface area (Å²) in [7, 11) is 1.59. The SMILES string of the molecule is Cn1nnc(NC(=O)c2ccc(F)cc2I)n1. The topological polar surface area (TPSA) is 72.7 Å². The van der Waals surface area contributed by atoms with Gasteiger partial charge in [-0.05, 0) is 46.0 Å². The quantitative estimate of drug-likeness (QED) is 0.829. The van der Waals surface area contributed by atoms with Gasteiger partial charge in [-0.3, -0.25) is 10.1 Å². The molecule has 8 heteroatoms. The molecular weight excluding hydrogens is 340 g/mol. The molecule has 1 aromatic carbocycles. The zero-order valence-corrected chi connectivity index (χ0v) is 10.8. The summed E-state index contributed by atoms with van der Waals surface area (Å²) in [6.07, 6.45) is 0. The van der Waals surface area contributed by atoms with Gasteiger partial charge in [0.15, 0.2) is 0 Å². The smallest absolute Gasteiger partial charge is 0.270 e. The maximum absolute atomic E-state index is 12.9. The first kappa shape index (κ1) is 11.9. The molecule has 0 radical (unpaired) electrons. The van der Waals surface area contributed by atoms with E-state index in [1.807, 2.05) is 22.6 Å². The van der Waals surface area contributed by atoms with Gasteiger partial charge in [-0.25, -0.2) is 4.39 Å². The molecule has 0 saturated carbocycles. The highest BCUT2D eigenvalue weighted by molar-refractivity contribution is 14.1. The Hall–Kier alpha value is -1.58. The van der Waals surface area contributed by atoms with Crippen LogP contribution in [0.3, 0.4) is 0 Å². The average molecular weight is 347 g/mol. The lowest BCUT2D eigenvalue weighted by molar-refractivity contribution is 0.102. The Morgan fingerprint density at radius 1 is 1.53 bits per heavy atom. The number of benzene rings is 1. The van der Waals surface area contributed by atoms with Crippen molar-refractivity contribution in [3.63, 3.8) is 0 Å². The van der Waals surface area contributed by atoms with Crippen LogP contribution in [0.1, 0.15) is 10.4 Å². The summed E-state index contributed by atoms with van der Waals surface area (Å²) < 4.78 is 13.4. The van der Waals surface area contributed by atoms with Gasteiger partial charge in [0.25, 0.3) is 11.9 Å². The van der Waals surface area contributed by atoms with Crippen LogP contribution >= 0.6 is 22.6 Å². The highest BCUT2D eigenvalue weighted by atomic mass is 127. The number of anilines is 1. The Morgan fingerprint density at radius 3 is 2.88 bits per heavy atom. The van der Waals surface area contributed by atoms with Crippen molar-refractivity contribution in [1.29, 1.82) is 0 Å². The zero-order valence-electron chi connectivity index (χ0n) is 8.69. The monoisotopic (exact) mass is 347 g/mol. The molecule has 0 unspecified atom stereocenters. The van der Waals surface area contributed by atoms with Crippen LogP contribution in [0.15, 0.2) is 18.2 Å². The first-order valence-corrected chi connectivity index (χ1v) is 5.64. The van der Waals surface area contributed by atoms with E-state index in [-0.39, 0.29) is 11.8 Å². The second-order valence-electron chi connectivity index (χ2n) is 3.18. The molecule has 17 heavy (non-hydrogen) atoms. The third-order valence-corrected chi connectivity index (χ3v) is 2.80. The number of hydrogen-bond acceptors (Lipinski definition) is 4. The maximum Gasteiger partial charge on any atom is 0.270 e. The highest BCUT2D eigenvalue weighted by Crippen LogP contribution is 2.14. The summed E-state index contributed by atoms with van der Waals surface area (Å²) in [6.45, 7) is 0. The molecule has 0 atom stereocenters. The number of halogens is 2. The molecule has 0 fully saturated rings. The average Bonchev–Trinajstić information content (AvgIpc) is 2.63. The van der Waals surface area contributed by atoms with Crippen molar-refractivity contribution in [1.82, 2.24) is 20.2 Å². The molecule has 88 valence electrons. The Kier molecular flexibility index (Phi) is 3.31. The highest BCUT2D eigenvalue weighted by Gasteiger charge is 2.12. The summed E-state index contributed by atoms with van der Waals surface area (Å²) >= 11 is 1.89. The second-order valence-corrected chi connectivity index (χ2v) is 4.34. The molecule has 0 aliphatic heterocycles. The second kappa shape index (κ2) is 4.73. The molecule has 1 N–H and O–H groups in total. The van der Waals surface area contributed by atoms with Crippen LogP contribution in [-0.4, -0.2) is 26.1 Å². The van der Waals surface area contributed by atoms with Gasteiger partial charge in [-0.15, -0.1) is 5.10 Å². The minimum Gasteiger partial charge on any atom is -0.288 e. The third kappa shape index (κ3) is 2.75. The number of tetrazole rings is 1. The molecule has 6 nitrogen and oxygen atoms in total. The van der Waals surface area contributed by atoms with Gasteiger partial charge < -0.3 is 0 Å². The number of aryl methyl sites for hydroxylation is 1. The molecule has 1 aromatic heterocycles. The van der Waals surface area contributed by atoms with Crippen LogP contribution in [0.2, 0.25) is 0 Å². The predicted molar refractivity (Wildman–Crippen MR) is 65.9 cm³/mol. The van der Waals surface area contributed by atoms with E-state index in [1.165, 1.54) is 23.0 Å². The Morgan fingerprint density at radius 2 is 2.29 bits per heavy atom. The van der Waals surface area contributed by atoms with Gasteiger partial charge in [-0.2, -0.15) is 4.80 Å². The standard InChI is InChI=1S/C9H7FIN5O/c1-16-14-9(13-15-16)12-8(17)6-3-2-5(10)4-7(6)11/h2-4H,1H3,(H,12,14,17). The van der Waals surface area contributed by atoms with Gasteiger partial charge in [0.05, 0.1) is 12.6 Å². The lowest BCUT2D eigenvalue weighted by Gasteiger charge is -2.03. The first-order chi connectivity index (χ1) is 8.06. The lowest BCUT2D eigenvalue weighted by Crippen LogP contribution is -2.14. The van der Waals surface area contributed by atoms with Crippen LogP contribution < -0.4 is 5.32 Å². The number of hydrogen-bond donors (Lipinski definition) is 1. The summed E-state index contributed by atoms with van der Waals surface area (Å²) in [6, 6.07) is 3.91. The predicted octanol–water partition coefficient (Wildman–Crippen LogP) is 1.21. The van der Waals surface area contributed by atoms with Gasteiger partial charge in [0, 0.05) is 3.57 Å². The minimum atomic E-state index is -0.401. The van der Waals surface area contributed by atoms with E-state index in [0.29, 0.717) is 9.13 Å². The fourth-order valence-corrected chi connectivity index (χ4v) is 1.90. The molecule has 2 rings (SSSR count). The molecule has 1 heterocycles. The van der Waals surface area contributed by atoms with Crippen LogP contribution in [0.5, 0.6) is 0 Å². The molecular formula is C9H7FIN5O. The van der Waals surface area contributed by atoms with Crippen molar-refractivity contribution in [3.05, 3.63) is 33.1 Å². The molecule has 0 aliphatic carbocycles. The van der Waals surface area contributed by atoms with Crippen molar-refractivity contribution in [2.75, 3.05) is 5.32 Å². The molecule has 0 bridgehead atoms. The molecule has 2 aromatic rings. The van der Waals surface area contributed by atoms with Gasteiger partial charge >= 0.3 is 0 Å². The van der Waals surface area contributed by atoms with E-state index >= 15 is 0 Å². The van der Waals surface area contributed by atoms with Crippen LogP contribution in [0.4, 0.5) is 10.3 Å². The number of carbonyl (C=O) groups excluding carboxylic acids is 1. The number of aromatic nitrogens is 4. The van der Waals surface area contributed by atoms with E-state index in [9.17, 15) is 9.18 Å². The van der Waals surface area contributed by atoms with E-state index in [0.717, 1.165) is 0 Å². The summed E-state index contributed by atoms with van der Waals surface area (Å²) in [5, 5.41) is 13.5. The molecule has 0 aliphatic rings. The number of rotatable bonds is 2. The van der Waals surface area contributed by atoms with Crippen molar-refractivity contribution in [3.8, 4) is 0 Å². The van der Waals surface area contributed by atoms with Crippen LogP contribution in [0.25, 0.3) is 0 Å². The lowest BCUT2D eigenvalue weighted by atomic mass is 10.2. The summed E-state index contributed by atoms with van der Waals surface area (Å²) in [5.41, 5.74) is 0.361. The summed E-state index contributed by atoms with van der Waals surface area (Å²) in [4.78, 5) is 13.0. The van der Waals surface area contributed by atoms with Gasteiger partial charge in [-0.1, -0.05) is 5.10 Å². The third-order valence-electron chi connectivity index (χ3n) is 1.91. The normalized spacial score (nSPS) is 10.3. The van der Waals surface area contributed by atoms with E-state index in [4.69, 9.17) is 0 Å². The first-order valence-electron chi connectivity index (χ1n) is 4.56. The van der Waals surface area contributed by atoms with E-state index in [2.05, 4.69) is 20.7 Å². The number of amides is 1. The van der Waals surface area contributed by atoms with Crippen molar-refractivity contribution >= 4 is 34.4 Å². The van der Waals surface area contributed by atoms with Gasteiger partial charge in [0.1, 0.15) is 5.82 Å². The van der Waals surface area contributed by atoms with Crippen molar-refractivity contribution in [2.45, 2.75) is 0 Å². The number of nitrogens with zero attached hydrogens (tertiary/aromatic N) is 4. The molecule has 1 amide bonds. The Balaban J connectivity index is 2.20. The molecule has 0 spiro atoms. The van der Waals surface area contributed by atoms with E-state index < -0.39 is 5.91 Å². The van der Waals surface area contributed by atoms with Crippen LogP contribution in [-0.2, 0) is 7.05 Å². The van der Waals surface area contributed by atoms with E-state index in [1.54, 1.807) is 7.05 Å². The Bertz CT molecular complexity index is 570. The zero-order chi connectivity index (χ0) is 12.4. The van der Waals surface area contributed by atoms with Gasteiger partial charge in [0.2, 0.25) is 0 Å². The number of carbonyl (C=O) groups is 1.